The lowest BCUT2D eigenvalue weighted by atomic mass is 10.1. The number of nitrogens with two attached hydrogens (primary N) is 1. The van der Waals surface area contributed by atoms with Crippen LogP contribution in [-0.2, 0) is 6.54 Å². The molecular weight excluding hydrogens is 368 g/mol. The van der Waals surface area contributed by atoms with Crippen LogP contribution in [0.5, 0.6) is 0 Å². The molecule has 0 saturated heterocycles. The molecule has 10 heteroatoms. The highest BCUT2D eigenvalue weighted by Crippen LogP contribution is 2.19. The minimum absolute atomic E-state index is 0.0279. The van der Waals surface area contributed by atoms with E-state index >= 15 is 0 Å². The Kier molecular flexibility index (Phi) is 4.35. The van der Waals surface area contributed by atoms with Gasteiger partial charge in [0.1, 0.15) is 0 Å². The van der Waals surface area contributed by atoms with E-state index in [-0.39, 0.29) is 29.0 Å². The first kappa shape index (κ1) is 16.9. The first-order chi connectivity index (χ1) is 13.1. The number of carbonyl (C=O) groups is 1. The lowest BCUT2D eigenvalue weighted by molar-refractivity contribution is 0.0946. The van der Waals surface area contributed by atoms with Crippen molar-refractivity contribution in [2.45, 2.75) is 6.54 Å². The summed E-state index contributed by atoms with van der Waals surface area (Å²) in [5, 5.41) is 11.6. The highest BCUT2D eigenvalue weighted by Gasteiger charge is 2.18. The third-order valence-corrected chi connectivity index (χ3v) is 4.12. The van der Waals surface area contributed by atoms with Crippen molar-refractivity contribution in [1.29, 1.82) is 0 Å². The highest BCUT2D eigenvalue weighted by atomic mass is 35.5. The fraction of sp³-hybridized carbons (Fsp3) is 0.0588. The summed E-state index contributed by atoms with van der Waals surface area (Å²) >= 11 is 6.11. The van der Waals surface area contributed by atoms with Crippen LogP contribution in [0.3, 0.4) is 0 Å². The predicted octanol–water partition coefficient (Wildman–Crippen LogP) is 1.77. The van der Waals surface area contributed by atoms with Gasteiger partial charge in [-0.1, -0.05) is 29.8 Å². The van der Waals surface area contributed by atoms with Crippen LogP contribution < -0.4 is 11.1 Å². The Morgan fingerprint density at radius 1 is 1.11 bits per heavy atom. The van der Waals surface area contributed by atoms with Crippen LogP contribution in [0.2, 0.25) is 5.15 Å². The van der Waals surface area contributed by atoms with Crippen LogP contribution in [0.25, 0.3) is 16.7 Å². The van der Waals surface area contributed by atoms with Crippen molar-refractivity contribution in [2.24, 2.45) is 0 Å². The number of pyridine rings is 1. The zero-order valence-corrected chi connectivity index (χ0v) is 14.6. The summed E-state index contributed by atoms with van der Waals surface area (Å²) in [5.41, 5.74) is 7.59. The quantitative estimate of drug-likeness (QED) is 0.552. The molecule has 0 aliphatic rings. The third kappa shape index (κ3) is 3.27. The van der Waals surface area contributed by atoms with E-state index in [1.807, 2.05) is 30.3 Å². The van der Waals surface area contributed by atoms with Gasteiger partial charge in [0.25, 0.3) is 5.91 Å². The summed E-state index contributed by atoms with van der Waals surface area (Å²) in [6.07, 6.45) is 4.65. The summed E-state index contributed by atoms with van der Waals surface area (Å²) in [7, 11) is 0. The van der Waals surface area contributed by atoms with E-state index in [1.54, 1.807) is 6.20 Å². The number of anilines is 1. The van der Waals surface area contributed by atoms with Gasteiger partial charge in [-0.25, -0.2) is 9.97 Å². The van der Waals surface area contributed by atoms with Crippen molar-refractivity contribution in [2.75, 3.05) is 5.73 Å². The van der Waals surface area contributed by atoms with E-state index in [1.165, 1.54) is 17.2 Å². The predicted molar refractivity (Wildman–Crippen MR) is 99.3 cm³/mol. The molecule has 9 nitrogen and oxygen atoms in total. The van der Waals surface area contributed by atoms with E-state index in [4.69, 9.17) is 17.3 Å². The molecule has 0 saturated carbocycles. The molecule has 0 radical (unpaired) electrons. The number of carbonyl (C=O) groups excluding carboxylic acids is 1. The maximum atomic E-state index is 12.5. The number of fused-ring (bicyclic) bond motifs is 1. The van der Waals surface area contributed by atoms with Crippen molar-refractivity contribution in [3.8, 4) is 5.82 Å². The van der Waals surface area contributed by atoms with Gasteiger partial charge in [0.2, 0.25) is 5.82 Å². The maximum Gasteiger partial charge on any atom is 0.274 e. The molecule has 0 bridgehead atoms. The number of nitrogen functional groups attached to an aromatic ring is 1. The zero-order valence-electron chi connectivity index (χ0n) is 13.9. The van der Waals surface area contributed by atoms with Gasteiger partial charge in [0.05, 0.1) is 17.9 Å². The number of halogens is 1. The van der Waals surface area contributed by atoms with Crippen LogP contribution in [0, 0.1) is 0 Å². The van der Waals surface area contributed by atoms with E-state index < -0.39 is 5.91 Å². The van der Waals surface area contributed by atoms with Crippen LogP contribution in [0.15, 0.2) is 48.9 Å². The smallest absolute Gasteiger partial charge is 0.274 e. The summed E-state index contributed by atoms with van der Waals surface area (Å²) in [5.74, 6) is -0.401. The minimum Gasteiger partial charge on any atom is -0.382 e. The summed E-state index contributed by atoms with van der Waals surface area (Å²) in [6.45, 7) is 0.281. The van der Waals surface area contributed by atoms with Crippen LogP contribution >= 0.6 is 11.6 Å². The fourth-order valence-electron chi connectivity index (χ4n) is 2.62. The van der Waals surface area contributed by atoms with Gasteiger partial charge in [-0.3, -0.25) is 9.78 Å². The van der Waals surface area contributed by atoms with Crippen molar-refractivity contribution in [3.63, 3.8) is 0 Å². The molecule has 1 amide bonds. The second kappa shape index (κ2) is 6.96. The van der Waals surface area contributed by atoms with E-state index in [2.05, 4.69) is 30.5 Å². The number of aromatic nitrogens is 6. The number of nitrogens with one attached hydrogen (secondary N) is 1. The average molecular weight is 381 g/mol. The molecule has 3 N–H and O–H groups in total. The molecule has 0 aliphatic heterocycles. The van der Waals surface area contributed by atoms with E-state index in [9.17, 15) is 4.79 Å². The largest absolute Gasteiger partial charge is 0.382 e. The molecule has 3 heterocycles. The van der Waals surface area contributed by atoms with Gasteiger partial charge >= 0.3 is 0 Å². The van der Waals surface area contributed by atoms with Crippen molar-refractivity contribution in [1.82, 2.24) is 35.3 Å². The Bertz CT molecular complexity index is 1120. The molecule has 0 spiro atoms. The minimum atomic E-state index is -0.484. The average Bonchev–Trinajstić information content (AvgIpc) is 3.22. The van der Waals surface area contributed by atoms with E-state index in [0.717, 1.165) is 16.5 Å². The Morgan fingerprint density at radius 2 is 1.93 bits per heavy atom. The Balaban J connectivity index is 1.57. The summed E-state index contributed by atoms with van der Waals surface area (Å²) < 4.78 is 0. The van der Waals surface area contributed by atoms with Gasteiger partial charge in [0.15, 0.2) is 16.7 Å². The first-order valence-corrected chi connectivity index (χ1v) is 8.32. The third-order valence-electron chi connectivity index (χ3n) is 3.86. The topological polar surface area (TPSA) is 125 Å². The Labute approximate surface area is 158 Å². The molecule has 0 aliphatic carbocycles. The molecule has 0 unspecified atom stereocenters. The van der Waals surface area contributed by atoms with Gasteiger partial charge in [-0.05, 0) is 17.7 Å². The first-order valence-electron chi connectivity index (χ1n) is 7.94. The van der Waals surface area contributed by atoms with Gasteiger partial charge < -0.3 is 11.1 Å². The second-order valence-electron chi connectivity index (χ2n) is 5.56. The standard InChI is InChI=1S/C17H13ClN8O/c18-14-16(26-22-7-8-23-26)25-15(19)13(24-14)17(27)21-9-10-3-1-5-12-11(10)4-2-6-20-12/h1-8H,9H2,(H2,19,25)(H,21,27). The fourth-order valence-corrected chi connectivity index (χ4v) is 2.82. The number of nitrogens with zero attached hydrogens (tertiary/aromatic N) is 6. The molecule has 4 rings (SSSR count). The number of amides is 1. The van der Waals surface area contributed by atoms with Crippen molar-refractivity contribution >= 4 is 34.2 Å². The molecule has 0 fully saturated rings. The molecule has 4 aromatic rings. The lowest BCUT2D eigenvalue weighted by Gasteiger charge is -2.10. The number of hydrogen-bond donors (Lipinski definition) is 2. The van der Waals surface area contributed by atoms with Crippen molar-refractivity contribution in [3.05, 3.63) is 65.3 Å². The number of rotatable bonds is 4. The number of hydrogen-bond acceptors (Lipinski definition) is 7. The molecule has 134 valence electrons. The number of benzene rings is 1. The summed E-state index contributed by atoms with van der Waals surface area (Å²) in [6, 6.07) is 9.50. The molecule has 3 aromatic heterocycles. The zero-order chi connectivity index (χ0) is 18.8. The van der Waals surface area contributed by atoms with Crippen molar-refractivity contribution < 1.29 is 4.79 Å². The molecular formula is C17H13ClN8O. The molecule has 27 heavy (non-hydrogen) atoms. The van der Waals surface area contributed by atoms with Crippen LogP contribution in [0.4, 0.5) is 5.82 Å². The lowest BCUT2D eigenvalue weighted by Crippen LogP contribution is -2.26. The van der Waals surface area contributed by atoms with Gasteiger partial charge in [-0.2, -0.15) is 10.2 Å². The molecule has 1 aromatic carbocycles. The highest BCUT2D eigenvalue weighted by molar-refractivity contribution is 6.31. The second-order valence-corrected chi connectivity index (χ2v) is 5.92. The van der Waals surface area contributed by atoms with Crippen LogP contribution in [0.1, 0.15) is 16.1 Å². The normalized spacial score (nSPS) is 10.9. The Morgan fingerprint density at radius 3 is 2.74 bits per heavy atom. The van der Waals surface area contributed by atoms with Crippen LogP contribution in [-0.4, -0.2) is 35.9 Å². The van der Waals surface area contributed by atoms with E-state index in [0.29, 0.717) is 0 Å². The maximum absolute atomic E-state index is 12.5. The summed E-state index contributed by atoms with van der Waals surface area (Å²) in [4.78, 5) is 26.1. The van der Waals surface area contributed by atoms with Gasteiger partial charge in [0, 0.05) is 18.1 Å². The SMILES string of the molecule is Nc1nc(-n2nccn2)c(Cl)nc1C(=O)NCc1cccc2ncccc12. The monoisotopic (exact) mass is 380 g/mol. The Hall–Kier alpha value is -3.59. The molecule has 0 atom stereocenters. The van der Waals surface area contributed by atoms with Gasteiger partial charge in [-0.15, -0.1) is 4.80 Å².